The highest BCUT2D eigenvalue weighted by Gasteiger charge is 2.17. The van der Waals surface area contributed by atoms with Crippen LogP contribution in [0, 0.1) is 0 Å². The van der Waals surface area contributed by atoms with Gasteiger partial charge in [0.1, 0.15) is 5.69 Å². The van der Waals surface area contributed by atoms with Gasteiger partial charge in [-0.25, -0.2) is 4.79 Å². The van der Waals surface area contributed by atoms with Gasteiger partial charge < -0.3 is 15.0 Å². The average molecular weight is 180 g/mol. The molecule has 13 heavy (non-hydrogen) atoms. The van der Waals surface area contributed by atoms with Crippen molar-refractivity contribution in [3.63, 3.8) is 0 Å². The zero-order chi connectivity index (χ0) is 9.42. The Labute approximate surface area is 76.2 Å². The van der Waals surface area contributed by atoms with E-state index in [2.05, 4.69) is 9.88 Å². The molecule has 1 aliphatic rings. The van der Waals surface area contributed by atoms with E-state index in [4.69, 9.17) is 5.11 Å². The van der Waals surface area contributed by atoms with Gasteiger partial charge in [0.25, 0.3) is 0 Å². The number of rotatable bonds is 1. The molecule has 0 bridgehead atoms. The molecule has 0 radical (unpaired) electrons. The van der Waals surface area contributed by atoms with Gasteiger partial charge in [-0.15, -0.1) is 0 Å². The van der Waals surface area contributed by atoms with Crippen LogP contribution in [-0.4, -0.2) is 34.6 Å². The molecule has 4 nitrogen and oxygen atoms in total. The average Bonchev–Trinajstić information content (AvgIpc) is 2.46. The van der Waals surface area contributed by atoms with E-state index in [0.29, 0.717) is 5.69 Å². The van der Waals surface area contributed by atoms with E-state index in [1.54, 1.807) is 6.07 Å². The van der Waals surface area contributed by atoms with Crippen molar-refractivity contribution in [2.75, 3.05) is 13.6 Å². The summed E-state index contributed by atoms with van der Waals surface area (Å²) in [6.07, 6.45) is 0.916. The minimum Gasteiger partial charge on any atom is -0.477 e. The maximum atomic E-state index is 10.7. The van der Waals surface area contributed by atoms with Crippen LogP contribution in [0.25, 0.3) is 0 Å². The Morgan fingerprint density at radius 3 is 3.15 bits per heavy atom. The van der Waals surface area contributed by atoms with Crippen LogP contribution in [0.4, 0.5) is 0 Å². The Balaban J connectivity index is 2.33. The molecule has 0 aromatic carbocycles. The van der Waals surface area contributed by atoms with Crippen LogP contribution in [0.5, 0.6) is 0 Å². The lowest BCUT2D eigenvalue weighted by molar-refractivity contribution is 0.0691. The van der Waals surface area contributed by atoms with Crippen LogP contribution in [0.3, 0.4) is 0 Å². The molecule has 0 saturated heterocycles. The maximum Gasteiger partial charge on any atom is 0.352 e. The minimum atomic E-state index is -0.878. The third kappa shape index (κ3) is 1.45. The molecule has 1 aromatic heterocycles. The number of carboxylic acids is 1. The van der Waals surface area contributed by atoms with E-state index < -0.39 is 5.97 Å². The Morgan fingerprint density at radius 1 is 1.69 bits per heavy atom. The Morgan fingerprint density at radius 2 is 2.46 bits per heavy atom. The van der Waals surface area contributed by atoms with Crippen molar-refractivity contribution in [2.45, 2.75) is 13.0 Å². The van der Waals surface area contributed by atoms with E-state index in [0.717, 1.165) is 30.8 Å². The Hall–Kier alpha value is -1.29. The number of carboxylic acid groups (broad SMARTS) is 1. The maximum absolute atomic E-state index is 10.7. The summed E-state index contributed by atoms with van der Waals surface area (Å²) in [6.45, 7) is 1.84. The fraction of sp³-hybridized carbons (Fsp3) is 0.444. The van der Waals surface area contributed by atoms with Gasteiger partial charge in [0, 0.05) is 25.2 Å². The molecule has 0 spiro atoms. The van der Waals surface area contributed by atoms with Crippen LogP contribution in [-0.2, 0) is 13.0 Å². The molecule has 0 amide bonds. The molecule has 70 valence electrons. The van der Waals surface area contributed by atoms with Crippen molar-refractivity contribution in [3.8, 4) is 0 Å². The summed E-state index contributed by atoms with van der Waals surface area (Å²) in [4.78, 5) is 15.8. The van der Waals surface area contributed by atoms with E-state index in [1.807, 2.05) is 7.05 Å². The molecular weight excluding hydrogens is 168 g/mol. The van der Waals surface area contributed by atoms with Gasteiger partial charge in [-0.2, -0.15) is 0 Å². The number of nitrogens with one attached hydrogen (secondary N) is 1. The van der Waals surface area contributed by atoms with Gasteiger partial charge in [0.05, 0.1) is 0 Å². The summed E-state index contributed by atoms with van der Waals surface area (Å²) in [5.41, 5.74) is 2.50. The molecule has 1 aromatic rings. The predicted molar refractivity (Wildman–Crippen MR) is 47.8 cm³/mol. The third-order valence-corrected chi connectivity index (χ3v) is 2.41. The monoisotopic (exact) mass is 180 g/mol. The Bertz CT molecular complexity index is 343. The van der Waals surface area contributed by atoms with Crippen LogP contribution < -0.4 is 0 Å². The number of aromatic nitrogens is 1. The van der Waals surface area contributed by atoms with Gasteiger partial charge in [-0.05, 0) is 18.7 Å². The van der Waals surface area contributed by atoms with Crippen molar-refractivity contribution in [1.29, 1.82) is 0 Å². The third-order valence-electron chi connectivity index (χ3n) is 2.41. The largest absolute Gasteiger partial charge is 0.477 e. The van der Waals surface area contributed by atoms with Crippen LogP contribution in [0.15, 0.2) is 6.07 Å². The first-order valence-electron chi connectivity index (χ1n) is 4.29. The first-order valence-corrected chi connectivity index (χ1v) is 4.29. The van der Waals surface area contributed by atoms with Crippen LogP contribution in [0.1, 0.15) is 21.7 Å². The standard InChI is InChI=1S/C9H12N2O2/c1-11-3-2-7-6(5-11)4-8(10-7)9(12)13/h4,10H,2-3,5H2,1H3,(H,12,13). The molecule has 4 heteroatoms. The van der Waals surface area contributed by atoms with Gasteiger partial charge >= 0.3 is 5.97 Å². The van der Waals surface area contributed by atoms with E-state index in [9.17, 15) is 4.79 Å². The molecule has 2 rings (SSSR count). The number of hydrogen-bond acceptors (Lipinski definition) is 2. The number of hydrogen-bond donors (Lipinski definition) is 2. The molecule has 2 heterocycles. The fourth-order valence-electron chi connectivity index (χ4n) is 1.69. The van der Waals surface area contributed by atoms with E-state index >= 15 is 0 Å². The second-order valence-electron chi connectivity index (χ2n) is 3.48. The molecule has 0 unspecified atom stereocenters. The first-order chi connectivity index (χ1) is 6.16. The fourth-order valence-corrected chi connectivity index (χ4v) is 1.69. The lowest BCUT2D eigenvalue weighted by atomic mass is 10.1. The van der Waals surface area contributed by atoms with Crippen molar-refractivity contribution in [3.05, 3.63) is 23.0 Å². The van der Waals surface area contributed by atoms with E-state index in [-0.39, 0.29) is 0 Å². The number of aromatic amines is 1. The predicted octanol–water partition coefficient (Wildman–Crippen LogP) is 0.701. The lowest BCUT2D eigenvalue weighted by Crippen LogP contribution is -2.25. The number of nitrogens with zero attached hydrogens (tertiary/aromatic N) is 1. The summed E-state index contributed by atoms with van der Waals surface area (Å²) >= 11 is 0. The topological polar surface area (TPSA) is 56.3 Å². The first kappa shape index (κ1) is 8.31. The zero-order valence-corrected chi connectivity index (χ0v) is 7.50. The lowest BCUT2D eigenvalue weighted by Gasteiger charge is -2.21. The second-order valence-corrected chi connectivity index (χ2v) is 3.48. The van der Waals surface area contributed by atoms with Crippen LogP contribution in [0.2, 0.25) is 0 Å². The molecule has 0 fully saturated rings. The molecule has 1 aliphatic heterocycles. The number of aromatic carboxylic acids is 1. The molecular formula is C9H12N2O2. The Kier molecular flexibility index (Phi) is 1.84. The van der Waals surface area contributed by atoms with Gasteiger partial charge in [-0.1, -0.05) is 0 Å². The highest BCUT2D eigenvalue weighted by atomic mass is 16.4. The molecule has 0 saturated carbocycles. The SMILES string of the molecule is CN1CCc2[nH]c(C(=O)O)cc2C1. The highest BCUT2D eigenvalue weighted by molar-refractivity contribution is 5.86. The van der Waals surface area contributed by atoms with Gasteiger partial charge in [0.2, 0.25) is 0 Å². The summed E-state index contributed by atoms with van der Waals surface area (Å²) < 4.78 is 0. The van der Waals surface area contributed by atoms with Gasteiger partial charge in [-0.3, -0.25) is 0 Å². The molecule has 0 atom stereocenters. The zero-order valence-electron chi connectivity index (χ0n) is 7.50. The summed E-state index contributed by atoms with van der Waals surface area (Å²) in [7, 11) is 2.04. The number of H-pyrrole nitrogens is 1. The van der Waals surface area contributed by atoms with Crippen molar-refractivity contribution in [1.82, 2.24) is 9.88 Å². The van der Waals surface area contributed by atoms with Crippen LogP contribution >= 0.6 is 0 Å². The van der Waals surface area contributed by atoms with E-state index in [1.165, 1.54) is 0 Å². The summed E-state index contributed by atoms with van der Waals surface area (Å²) in [5.74, 6) is -0.878. The number of fused-ring (bicyclic) bond motifs is 1. The summed E-state index contributed by atoms with van der Waals surface area (Å²) in [6, 6.07) is 1.73. The number of carbonyl (C=O) groups is 1. The molecule has 0 aliphatic carbocycles. The smallest absolute Gasteiger partial charge is 0.352 e. The normalized spacial score (nSPS) is 17.0. The van der Waals surface area contributed by atoms with Gasteiger partial charge in [0.15, 0.2) is 0 Å². The molecule has 2 N–H and O–H groups in total. The van der Waals surface area contributed by atoms with Crippen molar-refractivity contribution in [2.24, 2.45) is 0 Å². The second kappa shape index (κ2) is 2.88. The number of likely N-dealkylation sites (N-methyl/N-ethyl adjacent to an activating group) is 1. The van der Waals surface area contributed by atoms with Crippen molar-refractivity contribution >= 4 is 5.97 Å². The quantitative estimate of drug-likeness (QED) is 0.669. The highest BCUT2D eigenvalue weighted by Crippen LogP contribution is 2.18. The summed E-state index contributed by atoms with van der Waals surface area (Å²) in [5, 5.41) is 8.76. The van der Waals surface area contributed by atoms with Crippen molar-refractivity contribution < 1.29 is 9.90 Å². The minimum absolute atomic E-state index is 0.306.